The van der Waals surface area contributed by atoms with Crippen molar-refractivity contribution in [1.29, 1.82) is 0 Å². The molecule has 100 valence electrons. The smallest absolute Gasteiger partial charge is 0.206 e. The van der Waals surface area contributed by atoms with Gasteiger partial charge in [0.15, 0.2) is 0 Å². The molecule has 1 aliphatic heterocycles. The van der Waals surface area contributed by atoms with Crippen molar-refractivity contribution in [1.82, 2.24) is 0 Å². The fourth-order valence-electron chi connectivity index (χ4n) is 2.53. The van der Waals surface area contributed by atoms with Gasteiger partial charge in [-0.25, -0.2) is 4.21 Å². The zero-order valence-electron chi connectivity index (χ0n) is 10.1. The number of carbonyl (C=O) groups excluding carboxylic acids is 1. The molecule has 0 radical (unpaired) electrons. The van der Waals surface area contributed by atoms with Crippen LogP contribution in [0.4, 0.5) is 0 Å². The fourth-order valence-corrected chi connectivity index (χ4v) is 5.29. The first-order valence-corrected chi connectivity index (χ1v) is 8.79. The van der Waals surface area contributed by atoms with Crippen LogP contribution in [0.3, 0.4) is 0 Å². The van der Waals surface area contributed by atoms with Crippen LogP contribution in [0.2, 0.25) is 0 Å². The lowest BCUT2D eigenvalue weighted by Crippen LogP contribution is -2.10. The van der Waals surface area contributed by atoms with Crippen LogP contribution in [0.25, 0.3) is 0 Å². The van der Waals surface area contributed by atoms with Gasteiger partial charge in [0.2, 0.25) is 5.78 Å². The summed E-state index contributed by atoms with van der Waals surface area (Å²) in [4.78, 5) is 14.1. The lowest BCUT2D eigenvalue weighted by atomic mass is 9.91. The molecule has 1 unspecified atom stereocenters. The maximum Gasteiger partial charge on any atom is 0.206 e. The Labute approximate surface area is 126 Å². The van der Waals surface area contributed by atoms with Gasteiger partial charge in [0.25, 0.3) is 0 Å². The van der Waals surface area contributed by atoms with Crippen LogP contribution < -0.4 is 5.73 Å². The molecule has 3 rings (SSSR count). The highest BCUT2D eigenvalue weighted by molar-refractivity contribution is 9.11. The van der Waals surface area contributed by atoms with E-state index in [-0.39, 0.29) is 10.8 Å². The topological polar surface area (TPSA) is 60.2 Å². The van der Waals surface area contributed by atoms with Gasteiger partial charge in [0.1, 0.15) is 5.03 Å². The van der Waals surface area contributed by atoms with Gasteiger partial charge in [-0.15, -0.1) is 11.3 Å². The van der Waals surface area contributed by atoms with E-state index in [0.717, 1.165) is 39.9 Å². The number of allylic oxidation sites excluding steroid dienone is 3. The Morgan fingerprint density at radius 2 is 2.05 bits per heavy atom. The van der Waals surface area contributed by atoms with Crippen molar-refractivity contribution in [3.8, 4) is 0 Å². The highest BCUT2D eigenvalue weighted by atomic mass is 79.9. The van der Waals surface area contributed by atoms with Crippen molar-refractivity contribution in [2.45, 2.75) is 25.7 Å². The van der Waals surface area contributed by atoms with Crippen molar-refractivity contribution in [2.75, 3.05) is 0 Å². The van der Waals surface area contributed by atoms with E-state index in [4.69, 9.17) is 5.73 Å². The summed E-state index contributed by atoms with van der Waals surface area (Å²) >= 11 is 4.73. The first kappa shape index (κ1) is 13.3. The van der Waals surface area contributed by atoms with E-state index in [1.807, 2.05) is 6.07 Å². The minimum absolute atomic E-state index is 0.0894. The third kappa shape index (κ3) is 2.15. The van der Waals surface area contributed by atoms with Crippen molar-refractivity contribution in [3.63, 3.8) is 0 Å². The first-order valence-electron chi connectivity index (χ1n) is 6.03. The third-order valence-electron chi connectivity index (χ3n) is 3.41. The van der Waals surface area contributed by atoms with Crippen LogP contribution in [-0.2, 0) is 10.8 Å². The third-order valence-corrected chi connectivity index (χ3v) is 6.54. The van der Waals surface area contributed by atoms with Crippen molar-refractivity contribution < 1.29 is 9.00 Å². The Hall–Kier alpha value is -0.720. The van der Waals surface area contributed by atoms with Crippen LogP contribution in [-0.4, -0.2) is 9.99 Å². The molecule has 0 saturated heterocycles. The van der Waals surface area contributed by atoms with Crippen LogP contribution in [0.1, 0.15) is 35.4 Å². The van der Waals surface area contributed by atoms with Gasteiger partial charge in [-0.1, -0.05) is 0 Å². The number of rotatable bonds is 2. The van der Waals surface area contributed by atoms with E-state index in [1.54, 1.807) is 6.07 Å². The number of hydrogen-bond donors (Lipinski definition) is 1. The van der Waals surface area contributed by atoms with E-state index in [9.17, 15) is 9.00 Å². The fraction of sp³-hybridized carbons (Fsp3) is 0.308. The first-order chi connectivity index (χ1) is 9.09. The Bertz CT molecular complexity index is 657. The lowest BCUT2D eigenvalue weighted by Gasteiger charge is -2.14. The normalized spacial score (nSPS) is 22.9. The minimum Gasteiger partial charge on any atom is -0.391 e. The molecule has 0 amide bonds. The largest absolute Gasteiger partial charge is 0.391 e. The molecule has 1 atom stereocenters. The molecule has 2 heterocycles. The van der Waals surface area contributed by atoms with Crippen LogP contribution >= 0.6 is 27.3 Å². The number of ketones is 1. The van der Waals surface area contributed by atoms with E-state index >= 15 is 0 Å². The van der Waals surface area contributed by atoms with E-state index < -0.39 is 10.8 Å². The predicted molar refractivity (Wildman–Crippen MR) is 81.2 cm³/mol. The number of thiophene rings is 1. The summed E-state index contributed by atoms with van der Waals surface area (Å²) in [7, 11) is -1.29. The number of carbonyl (C=O) groups is 1. The molecule has 2 aliphatic rings. The van der Waals surface area contributed by atoms with Crippen LogP contribution in [0, 0.1) is 0 Å². The van der Waals surface area contributed by atoms with Gasteiger partial charge in [-0.3, -0.25) is 4.79 Å². The molecule has 6 heteroatoms. The monoisotopic (exact) mass is 357 g/mol. The Balaban J connectivity index is 2.06. The average Bonchev–Trinajstić information content (AvgIpc) is 2.94. The molecule has 0 saturated carbocycles. The highest BCUT2D eigenvalue weighted by Crippen LogP contribution is 2.41. The number of hydrogen-bond acceptors (Lipinski definition) is 4. The second-order valence-corrected chi connectivity index (χ2v) is 8.48. The SMILES string of the molecule is NC1=C(C(=O)c2ccc(Br)s2)C2=C(CCCC2)S1=O. The standard InChI is InChI=1S/C13H12BrNO2S2/c14-10-6-5-8(18-10)12(16)11-7-3-1-2-4-9(7)19(17)13(11)15/h5-6H,1-4,15H2. The summed E-state index contributed by atoms with van der Waals surface area (Å²) in [6.07, 6.45) is 3.68. The quantitative estimate of drug-likeness (QED) is 0.824. The molecule has 0 spiro atoms. The minimum atomic E-state index is -1.29. The van der Waals surface area contributed by atoms with Gasteiger partial charge < -0.3 is 5.73 Å². The molecule has 0 fully saturated rings. The average molecular weight is 358 g/mol. The summed E-state index contributed by atoms with van der Waals surface area (Å²) in [5.41, 5.74) is 7.38. The van der Waals surface area contributed by atoms with Crippen LogP contribution in [0.5, 0.6) is 0 Å². The Morgan fingerprint density at radius 3 is 2.74 bits per heavy atom. The molecule has 3 nitrogen and oxygen atoms in total. The van der Waals surface area contributed by atoms with E-state index in [1.165, 1.54) is 11.3 Å². The second kappa shape index (κ2) is 5.00. The zero-order chi connectivity index (χ0) is 13.6. The van der Waals surface area contributed by atoms with Crippen molar-refractivity contribution >= 4 is 43.8 Å². The van der Waals surface area contributed by atoms with E-state index in [2.05, 4.69) is 15.9 Å². The summed E-state index contributed by atoms with van der Waals surface area (Å²) in [5.74, 6) is -0.0894. The molecule has 0 bridgehead atoms. The maximum absolute atomic E-state index is 12.6. The van der Waals surface area contributed by atoms with Gasteiger partial charge in [0.05, 0.1) is 25.0 Å². The van der Waals surface area contributed by atoms with Gasteiger partial charge in [-0.05, 0) is 59.3 Å². The summed E-state index contributed by atoms with van der Waals surface area (Å²) in [5, 5.41) is 0.251. The number of halogens is 1. The molecule has 0 aromatic carbocycles. The van der Waals surface area contributed by atoms with Gasteiger partial charge >= 0.3 is 0 Å². The summed E-state index contributed by atoms with van der Waals surface area (Å²) in [6, 6.07) is 3.62. The van der Waals surface area contributed by atoms with Crippen LogP contribution in [0.15, 0.2) is 37.0 Å². The molecule has 2 N–H and O–H groups in total. The second-order valence-electron chi connectivity index (χ2n) is 4.55. The summed E-state index contributed by atoms with van der Waals surface area (Å²) in [6.45, 7) is 0. The Morgan fingerprint density at radius 1 is 1.32 bits per heavy atom. The van der Waals surface area contributed by atoms with Crippen molar-refractivity contribution in [3.05, 3.63) is 41.9 Å². The number of Topliss-reactive ketones (excluding diaryl/α,β-unsaturated/α-hetero) is 1. The Kier molecular flexibility index (Phi) is 3.49. The molecule has 1 aliphatic carbocycles. The van der Waals surface area contributed by atoms with Gasteiger partial charge in [-0.2, -0.15) is 0 Å². The van der Waals surface area contributed by atoms with E-state index in [0.29, 0.717) is 10.5 Å². The zero-order valence-corrected chi connectivity index (χ0v) is 13.3. The molecular weight excluding hydrogens is 346 g/mol. The molecular formula is C13H12BrNO2S2. The number of nitrogens with two attached hydrogens (primary N) is 1. The maximum atomic E-state index is 12.6. The lowest BCUT2D eigenvalue weighted by molar-refractivity contribution is 0.103. The van der Waals surface area contributed by atoms with Crippen molar-refractivity contribution in [2.24, 2.45) is 5.73 Å². The molecule has 1 aromatic heterocycles. The molecule has 19 heavy (non-hydrogen) atoms. The van der Waals surface area contributed by atoms with Gasteiger partial charge in [0, 0.05) is 4.91 Å². The summed E-state index contributed by atoms with van der Waals surface area (Å²) < 4.78 is 13.1. The predicted octanol–water partition coefficient (Wildman–Crippen LogP) is 3.45. The highest BCUT2D eigenvalue weighted by Gasteiger charge is 2.35. The molecule has 1 aromatic rings.